The van der Waals surface area contributed by atoms with E-state index in [0.29, 0.717) is 5.39 Å². The van der Waals surface area contributed by atoms with Crippen LogP contribution >= 0.6 is 0 Å². The topological polar surface area (TPSA) is 160 Å². The molecule has 10 nitrogen and oxygen atoms in total. The minimum Gasteiger partial charge on any atom is -0.399 e. The third-order valence-corrected chi connectivity index (χ3v) is 6.07. The lowest BCUT2D eigenvalue weighted by Crippen LogP contribution is -1.88. The van der Waals surface area contributed by atoms with Crippen molar-refractivity contribution in [2.24, 2.45) is 0 Å². The first-order valence-electron chi connectivity index (χ1n) is 11.4. The van der Waals surface area contributed by atoms with Gasteiger partial charge >= 0.3 is 0 Å². The number of non-ortho nitro benzene ring substituents is 2. The highest BCUT2D eigenvalue weighted by molar-refractivity contribution is 5.91. The summed E-state index contributed by atoms with van der Waals surface area (Å²) < 4.78 is 0. The zero-order chi connectivity index (χ0) is 26.7. The minimum absolute atomic E-state index is 0. The first kappa shape index (κ1) is 27.5. The van der Waals surface area contributed by atoms with Gasteiger partial charge in [-0.3, -0.25) is 20.2 Å². The summed E-state index contributed by atoms with van der Waals surface area (Å²) in [6, 6.07) is 15.8. The van der Waals surface area contributed by atoms with E-state index in [2.05, 4.69) is 21.9 Å². The van der Waals surface area contributed by atoms with Crippen molar-refractivity contribution < 1.29 is 9.85 Å². The van der Waals surface area contributed by atoms with E-state index >= 15 is 0 Å². The van der Waals surface area contributed by atoms with Crippen LogP contribution in [-0.2, 0) is 0 Å². The molecule has 0 fully saturated rings. The molecule has 0 atom stereocenters. The second-order valence-electron chi connectivity index (χ2n) is 8.66. The summed E-state index contributed by atoms with van der Waals surface area (Å²) in [6.45, 7) is 5.89. The smallest absolute Gasteiger partial charge is 0.279 e. The number of nitrogens with one attached hydrogen (secondary N) is 3. The maximum Gasteiger partial charge on any atom is 0.279 e. The zero-order valence-corrected chi connectivity index (χ0v) is 20.5. The maximum absolute atomic E-state index is 10.7. The number of aromatic nitrogens is 3. The Bertz CT molecular complexity index is 1740. The van der Waals surface area contributed by atoms with Crippen LogP contribution in [-0.4, -0.2) is 24.8 Å². The van der Waals surface area contributed by atoms with Gasteiger partial charge in [-0.05, 0) is 61.7 Å². The van der Waals surface area contributed by atoms with Crippen molar-refractivity contribution >= 4 is 49.8 Å². The number of benzene rings is 3. The fourth-order valence-electron chi connectivity index (χ4n) is 4.15. The van der Waals surface area contributed by atoms with Crippen molar-refractivity contribution in [3.63, 3.8) is 0 Å². The Morgan fingerprint density at radius 3 is 1.84 bits per heavy atom. The van der Waals surface area contributed by atoms with Crippen LogP contribution in [0.1, 0.15) is 24.1 Å². The fraction of sp³-hybridized carbons (Fsp3) is 0.143. The van der Waals surface area contributed by atoms with Crippen molar-refractivity contribution in [1.29, 1.82) is 0 Å². The number of hydrogen-bond donors (Lipinski definition) is 4. The van der Waals surface area contributed by atoms with Crippen LogP contribution in [0.4, 0.5) is 17.1 Å². The molecule has 196 valence electrons. The number of nitrogen functional groups attached to an aromatic ring is 1. The second-order valence-corrected chi connectivity index (χ2v) is 8.66. The molecule has 3 heterocycles. The number of rotatable bonds is 2. The summed E-state index contributed by atoms with van der Waals surface area (Å²) in [4.78, 5) is 29.5. The quantitative estimate of drug-likeness (QED) is 0.107. The van der Waals surface area contributed by atoms with Crippen molar-refractivity contribution in [2.75, 3.05) is 5.73 Å². The molecule has 0 radical (unpaired) electrons. The first-order chi connectivity index (χ1) is 17.7. The standard InChI is InChI=1S/2C9H8N2O2.C9H10N2.CH4/c1-6-5-10-9-4-7(11(12)13)2-3-8(6)9;1-6-5-10-7-3-2-4-8(9(6)7)11(12)13;1-6-5-11-9-4-7(10)2-3-8(6)9;/h2*2-5,10H,1H3;2-5,11H,10H2,1H3;1H4. The molecule has 0 spiro atoms. The lowest BCUT2D eigenvalue weighted by molar-refractivity contribution is -0.384. The van der Waals surface area contributed by atoms with E-state index in [1.165, 1.54) is 23.1 Å². The average molecular weight is 515 g/mol. The summed E-state index contributed by atoms with van der Waals surface area (Å²) >= 11 is 0. The summed E-state index contributed by atoms with van der Waals surface area (Å²) in [5.74, 6) is 0. The largest absolute Gasteiger partial charge is 0.399 e. The van der Waals surface area contributed by atoms with Gasteiger partial charge in [-0.25, -0.2) is 0 Å². The van der Waals surface area contributed by atoms with Gasteiger partial charge in [0.15, 0.2) is 0 Å². The van der Waals surface area contributed by atoms with Crippen LogP contribution in [0.25, 0.3) is 32.7 Å². The van der Waals surface area contributed by atoms with E-state index in [1.54, 1.807) is 24.4 Å². The number of fused-ring (bicyclic) bond motifs is 3. The molecule has 0 aliphatic heterocycles. The number of H-pyrrole nitrogens is 3. The Morgan fingerprint density at radius 1 is 0.684 bits per heavy atom. The van der Waals surface area contributed by atoms with Gasteiger partial charge in [0.05, 0.1) is 26.3 Å². The van der Waals surface area contributed by atoms with Crippen LogP contribution in [0.15, 0.2) is 73.2 Å². The molecule has 6 rings (SSSR count). The maximum atomic E-state index is 10.7. The van der Waals surface area contributed by atoms with Gasteiger partial charge in [0.25, 0.3) is 11.4 Å². The number of nitro benzene ring substituents is 2. The predicted molar refractivity (Wildman–Crippen MR) is 154 cm³/mol. The van der Waals surface area contributed by atoms with Crippen LogP contribution < -0.4 is 5.73 Å². The highest BCUT2D eigenvalue weighted by Gasteiger charge is 2.13. The van der Waals surface area contributed by atoms with E-state index in [1.807, 2.05) is 50.5 Å². The van der Waals surface area contributed by atoms with E-state index in [0.717, 1.165) is 38.8 Å². The molecule has 0 saturated heterocycles. The third-order valence-electron chi connectivity index (χ3n) is 6.07. The van der Waals surface area contributed by atoms with Crippen molar-refractivity contribution in [3.8, 4) is 0 Å². The van der Waals surface area contributed by atoms with Crippen molar-refractivity contribution in [3.05, 3.63) is 110 Å². The summed E-state index contributed by atoms with van der Waals surface area (Å²) in [5, 5.41) is 24.1. The normalized spacial score (nSPS) is 10.3. The molecule has 0 amide bonds. The molecule has 3 aromatic carbocycles. The predicted octanol–water partition coefficient (Wildman–Crippen LogP) is 7.46. The molecule has 0 aliphatic rings. The number of anilines is 1. The van der Waals surface area contributed by atoms with E-state index in [4.69, 9.17) is 5.73 Å². The van der Waals surface area contributed by atoms with Crippen LogP contribution in [0.2, 0.25) is 0 Å². The summed E-state index contributed by atoms with van der Waals surface area (Å²) in [5.41, 5.74) is 12.7. The first-order valence-corrected chi connectivity index (χ1v) is 11.4. The summed E-state index contributed by atoms with van der Waals surface area (Å²) in [7, 11) is 0. The monoisotopic (exact) mass is 514 g/mol. The van der Waals surface area contributed by atoms with Gasteiger partial charge in [-0.15, -0.1) is 0 Å². The highest BCUT2D eigenvalue weighted by atomic mass is 16.6. The van der Waals surface area contributed by atoms with E-state index < -0.39 is 4.92 Å². The number of nitrogens with zero attached hydrogens (tertiary/aromatic N) is 2. The molecule has 0 saturated carbocycles. The lowest BCUT2D eigenvalue weighted by atomic mass is 10.1. The molecule has 6 aromatic rings. The number of aromatic amines is 3. The molecular formula is C28H30N6O4. The third kappa shape index (κ3) is 5.65. The van der Waals surface area contributed by atoms with E-state index in [-0.39, 0.29) is 23.7 Å². The van der Waals surface area contributed by atoms with Gasteiger partial charge in [0.2, 0.25) is 0 Å². The minimum atomic E-state index is -0.393. The van der Waals surface area contributed by atoms with Gasteiger partial charge in [-0.1, -0.05) is 19.6 Å². The van der Waals surface area contributed by atoms with Crippen LogP contribution in [0.3, 0.4) is 0 Å². The molecular weight excluding hydrogens is 484 g/mol. The second kappa shape index (κ2) is 11.3. The lowest BCUT2D eigenvalue weighted by Gasteiger charge is -1.94. The van der Waals surface area contributed by atoms with Crippen LogP contribution in [0, 0.1) is 41.0 Å². The zero-order valence-electron chi connectivity index (χ0n) is 20.5. The molecule has 3 aromatic heterocycles. The van der Waals surface area contributed by atoms with Crippen molar-refractivity contribution in [2.45, 2.75) is 28.2 Å². The Morgan fingerprint density at radius 2 is 1.24 bits per heavy atom. The van der Waals surface area contributed by atoms with Gasteiger partial charge in [0.1, 0.15) is 0 Å². The van der Waals surface area contributed by atoms with Crippen molar-refractivity contribution in [1.82, 2.24) is 15.0 Å². The molecule has 38 heavy (non-hydrogen) atoms. The van der Waals surface area contributed by atoms with E-state index in [9.17, 15) is 20.2 Å². The molecule has 0 unspecified atom stereocenters. The SMILES string of the molecule is C.Cc1c[nH]c2cc(N)ccc12.Cc1c[nH]c2cc([N+](=O)[O-])ccc12.Cc1c[nH]c2cccc([N+](=O)[O-])c12. The Labute approximate surface area is 218 Å². The number of nitro groups is 2. The molecule has 5 N–H and O–H groups in total. The summed E-state index contributed by atoms with van der Waals surface area (Å²) in [6.07, 6.45) is 5.61. The Kier molecular flexibility index (Phi) is 8.16. The fourth-order valence-corrected chi connectivity index (χ4v) is 4.15. The van der Waals surface area contributed by atoms with Crippen LogP contribution in [0.5, 0.6) is 0 Å². The van der Waals surface area contributed by atoms with Gasteiger partial charge in [0, 0.05) is 58.8 Å². The Hall–Kier alpha value is -5.12. The average Bonchev–Trinajstić information content (AvgIpc) is 3.56. The number of hydrogen-bond acceptors (Lipinski definition) is 5. The van der Waals surface area contributed by atoms with Gasteiger partial charge < -0.3 is 20.7 Å². The molecule has 0 aliphatic carbocycles. The number of nitrogens with two attached hydrogens (primary N) is 1. The number of aryl methyl sites for hydroxylation is 3. The molecule has 10 heteroatoms. The van der Waals surface area contributed by atoms with Gasteiger partial charge in [-0.2, -0.15) is 0 Å². The Balaban J connectivity index is 0.000000156. The highest BCUT2D eigenvalue weighted by Crippen LogP contribution is 2.27. The molecule has 0 bridgehead atoms.